The molecule has 2 unspecified atom stereocenters. The molecule has 4 heteroatoms. The molecule has 1 saturated heterocycles. The number of halogens is 1. The topological polar surface area (TPSA) is 21.3 Å². The van der Waals surface area contributed by atoms with Crippen molar-refractivity contribution in [1.29, 1.82) is 0 Å². The van der Waals surface area contributed by atoms with Crippen molar-refractivity contribution >= 4 is 11.8 Å². The summed E-state index contributed by atoms with van der Waals surface area (Å²) in [7, 11) is 1.48. The van der Waals surface area contributed by atoms with Crippen molar-refractivity contribution in [1.82, 2.24) is 5.32 Å². The minimum Gasteiger partial charge on any atom is -0.494 e. The minimum absolute atomic E-state index is 0.205. The first-order chi connectivity index (χ1) is 7.70. The third-order valence-electron chi connectivity index (χ3n) is 2.68. The Hall–Kier alpha value is -0.740. The lowest BCUT2D eigenvalue weighted by Crippen LogP contribution is -2.31. The van der Waals surface area contributed by atoms with Crippen molar-refractivity contribution in [3.05, 3.63) is 29.6 Å². The monoisotopic (exact) mass is 241 g/mol. The van der Waals surface area contributed by atoms with Gasteiger partial charge in [0.05, 0.1) is 12.5 Å². The summed E-state index contributed by atoms with van der Waals surface area (Å²) in [5.74, 6) is 1.81. The summed E-state index contributed by atoms with van der Waals surface area (Å²) in [6, 6.07) is 5.16. The fourth-order valence-electron chi connectivity index (χ4n) is 1.75. The third-order valence-corrected chi connectivity index (χ3v) is 4.21. The van der Waals surface area contributed by atoms with Crippen molar-refractivity contribution in [2.24, 2.45) is 5.92 Å². The van der Waals surface area contributed by atoms with Crippen LogP contribution in [0.3, 0.4) is 0 Å². The second-order valence-electron chi connectivity index (χ2n) is 4.12. The Kier molecular flexibility index (Phi) is 3.71. The maximum Gasteiger partial charge on any atom is 0.165 e. The van der Waals surface area contributed by atoms with E-state index in [1.54, 1.807) is 12.1 Å². The molecule has 1 aromatic carbocycles. The van der Waals surface area contributed by atoms with E-state index in [9.17, 15) is 4.39 Å². The molecule has 0 spiro atoms. The van der Waals surface area contributed by atoms with Crippen LogP contribution in [0.1, 0.15) is 17.9 Å². The zero-order valence-corrected chi connectivity index (χ0v) is 10.3. The molecule has 0 aliphatic carbocycles. The number of methoxy groups -OCH3 is 1. The molecule has 2 atom stereocenters. The Balaban J connectivity index is 2.12. The first-order valence-electron chi connectivity index (χ1n) is 5.39. The van der Waals surface area contributed by atoms with Crippen LogP contribution >= 0.6 is 11.8 Å². The molecule has 2 rings (SSSR count). The van der Waals surface area contributed by atoms with Crippen LogP contribution in [0.5, 0.6) is 5.75 Å². The minimum atomic E-state index is -0.291. The molecule has 0 radical (unpaired) electrons. The first kappa shape index (κ1) is 11.7. The highest BCUT2D eigenvalue weighted by Gasteiger charge is 2.20. The van der Waals surface area contributed by atoms with Gasteiger partial charge in [0.25, 0.3) is 0 Å². The van der Waals surface area contributed by atoms with Gasteiger partial charge >= 0.3 is 0 Å². The van der Waals surface area contributed by atoms with Gasteiger partial charge in [0.15, 0.2) is 11.6 Å². The van der Waals surface area contributed by atoms with Crippen LogP contribution in [0.2, 0.25) is 0 Å². The van der Waals surface area contributed by atoms with Crippen LogP contribution < -0.4 is 10.1 Å². The number of hydrogen-bond acceptors (Lipinski definition) is 3. The van der Waals surface area contributed by atoms with E-state index in [2.05, 4.69) is 12.2 Å². The lowest BCUT2D eigenvalue weighted by molar-refractivity contribution is 0.386. The molecule has 16 heavy (non-hydrogen) atoms. The van der Waals surface area contributed by atoms with E-state index in [0.717, 1.165) is 17.9 Å². The van der Waals surface area contributed by atoms with Gasteiger partial charge < -0.3 is 10.1 Å². The van der Waals surface area contributed by atoms with E-state index in [0.29, 0.717) is 11.7 Å². The highest BCUT2D eigenvalue weighted by Crippen LogP contribution is 2.33. The molecule has 0 bridgehead atoms. The fourth-order valence-corrected chi connectivity index (χ4v) is 2.94. The number of nitrogens with one attached hydrogen (secondary N) is 1. The van der Waals surface area contributed by atoms with Gasteiger partial charge in [-0.05, 0) is 35.9 Å². The van der Waals surface area contributed by atoms with Crippen molar-refractivity contribution in [2.75, 3.05) is 19.4 Å². The largest absolute Gasteiger partial charge is 0.494 e. The molecular weight excluding hydrogens is 225 g/mol. The fraction of sp³-hybridized carbons (Fsp3) is 0.500. The summed E-state index contributed by atoms with van der Waals surface area (Å²) in [6.07, 6.45) is 0. The highest BCUT2D eigenvalue weighted by atomic mass is 32.2. The molecule has 1 fully saturated rings. The zero-order valence-electron chi connectivity index (χ0n) is 9.50. The Morgan fingerprint density at radius 3 is 2.88 bits per heavy atom. The molecule has 1 aromatic rings. The summed E-state index contributed by atoms with van der Waals surface area (Å²) >= 11 is 1.83. The smallest absolute Gasteiger partial charge is 0.165 e. The van der Waals surface area contributed by atoms with Crippen molar-refractivity contribution in [3.8, 4) is 5.75 Å². The normalized spacial score (nSPS) is 25.4. The number of thioether (sulfide) groups is 1. The van der Waals surface area contributed by atoms with Gasteiger partial charge in [-0.25, -0.2) is 4.39 Å². The number of benzene rings is 1. The first-order valence-corrected chi connectivity index (χ1v) is 6.44. The van der Waals surface area contributed by atoms with E-state index in [4.69, 9.17) is 4.74 Å². The second-order valence-corrected chi connectivity index (χ2v) is 5.26. The van der Waals surface area contributed by atoms with E-state index >= 15 is 0 Å². The van der Waals surface area contributed by atoms with Crippen LogP contribution in [0.15, 0.2) is 18.2 Å². The Bertz CT molecular complexity index is 364. The standard InChI is InChI=1S/C12H16FNOS/c1-8-6-14-12(16-7-8)9-3-4-11(15-2)10(13)5-9/h3-5,8,12,14H,6-7H2,1-2H3. The van der Waals surface area contributed by atoms with E-state index in [1.165, 1.54) is 7.11 Å². The SMILES string of the molecule is COc1ccc(C2NCC(C)CS2)cc1F. The molecule has 1 aliphatic rings. The maximum absolute atomic E-state index is 13.5. The van der Waals surface area contributed by atoms with Gasteiger partial charge in [0.2, 0.25) is 0 Å². The van der Waals surface area contributed by atoms with Crippen molar-refractivity contribution < 1.29 is 9.13 Å². The maximum atomic E-state index is 13.5. The summed E-state index contributed by atoms with van der Waals surface area (Å²) < 4.78 is 18.4. The predicted octanol–water partition coefficient (Wildman–Crippen LogP) is 2.81. The second kappa shape index (κ2) is 5.06. The summed E-state index contributed by atoms with van der Waals surface area (Å²) in [5.41, 5.74) is 0.982. The Morgan fingerprint density at radius 1 is 1.50 bits per heavy atom. The summed E-state index contributed by atoms with van der Waals surface area (Å²) in [4.78, 5) is 0. The number of rotatable bonds is 2. The van der Waals surface area contributed by atoms with Gasteiger partial charge in [-0.1, -0.05) is 13.0 Å². The molecule has 0 saturated carbocycles. The van der Waals surface area contributed by atoms with E-state index in [1.807, 2.05) is 17.8 Å². The van der Waals surface area contributed by atoms with Crippen molar-refractivity contribution in [2.45, 2.75) is 12.3 Å². The van der Waals surface area contributed by atoms with Gasteiger partial charge in [-0.15, -0.1) is 11.8 Å². The molecular formula is C12H16FNOS. The lowest BCUT2D eigenvalue weighted by atomic mass is 10.1. The highest BCUT2D eigenvalue weighted by molar-refractivity contribution is 7.99. The van der Waals surface area contributed by atoms with Crippen LogP contribution in [0, 0.1) is 11.7 Å². The van der Waals surface area contributed by atoms with Crippen LogP contribution in [0.4, 0.5) is 4.39 Å². The average molecular weight is 241 g/mol. The van der Waals surface area contributed by atoms with Crippen molar-refractivity contribution in [3.63, 3.8) is 0 Å². The Morgan fingerprint density at radius 2 is 2.31 bits per heavy atom. The van der Waals surface area contributed by atoms with E-state index < -0.39 is 0 Å². The molecule has 88 valence electrons. The quantitative estimate of drug-likeness (QED) is 0.860. The lowest BCUT2D eigenvalue weighted by Gasteiger charge is -2.27. The van der Waals surface area contributed by atoms with Gasteiger partial charge in [-0.3, -0.25) is 0 Å². The predicted molar refractivity (Wildman–Crippen MR) is 65.3 cm³/mol. The number of hydrogen-bond donors (Lipinski definition) is 1. The number of ether oxygens (including phenoxy) is 1. The molecule has 0 aromatic heterocycles. The van der Waals surface area contributed by atoms with Crippen LogP contribution in [-0.4, -0.2) is 19.4 Å². The van der Waals surface area contributed by atoms with Crippen LogP contribution in [0.25, 0.3) is 0 Å². The molecule has 1 heterocycles. The zero-order chi connectivity index (χ0) is 11.5. The molecule has 1 aliphatic heterocycles. The Labute approximate surface area is 99.6 Å². The van der Waals surface area contributed by atoms with Gasteiger partial charge in [0.1, 0.15) is 0 Å². The average Bonchev–Trinajstić information content (AvgIpc) is 2.30. The molecule has 1 N–H and O–H groups in total. The third kappa shape index (κ3) is 2.50. The van der Waals surface area contributed by atoms with E-state index in [-0.39, 0.29) is 11.2 Å². The molecule has 0 amide bonds. The molecule has 2 nitrogen and oxygen atoms in total. The van der Waals surface area contributed by atoms with Gasteiger partial charge in [-0.2, -0.15) is 0 Å². The summed E-state index contributed by atoms with van der Waals surface area (Å²) in [5, 5.41) is 3.61. The van der Waals surface area contributed by atoms with Gasteiger partial charge in [0, 0.05) is 0 Å². The van der Waals surface area contributed by atoms with Crippen LogP contribution in [-0.2, 0) is 0 Å². The summed E-state index contributed by atoms with van der Waals surface area (Å²) in [6.45, 7) is 3.20.